The van der Waals surface area contributed by atoms with Crippen molar-refractivity contribution >= 4 is 20.8 Å². The number of sulfone groups is 1. The number of benzene rings is 2. The van der Waals surface area contributed by atoms with Gasteiger partial charge >= 0.3 is 0 Å². The largest absolute Gasteiger partial charge is 0.438 e. The number of rotatable bonds is 4. The molecule has 0 bridgehead atoms. The van der Waals surface area contributed by atoms with E-state index in [2.05, 4.69) is 10.1 Å². The summed E-state index contributed by atoms with van der Waals surface area (Å²) in [6.07, 6.45) is 2.86. The Morgan fingerprint density at radius 3 is 2.50 bits per heavy atom. The van der Waals surface area contributed by atoms with E-state index in [-0.39, 0.29) is 10.6 Å². The Bertz CT molecular complexity index is 1080. The van der Waals surface area contributed by atoms with Crippen LogP contribution in [0.15, 0.2) is 76.6 Å². The molecule has 0 saturated carbocycles. The van der Waals surface area contributed by atoms with Crippen molar-refractivity contribution in [2.75, 3.05) is 0 Å². The molecule has 0 radical (unpaired) electrons. The maximum atomic E-state index is 12.8. The Morgan fingerprint density at radius 2 is 1.75 bits per heavy atom. The summed E-state index contributed by atoms with van der Waals surface area (Å²) in [5, 5.41) is 4.81. The van der Waals surface area contributed by atoms with E-state index in [4.69, 9.17) is 4.42 Å². The van der Waals surface area contributed by atoms with Crippen LogP contribution in [0.1, 0.15) is 5.56 Å². The molecule has 2 aromatic heterocycles. The predicted octanol–water partition coefficient (Wildman–Crippen LogP) is 2.99. The van der Waals surface area contributed by atoms with Gasteiger partial charge in [0.15, 0.2) is 9.84 Å². The Morgan fingerprint density at radius 1 is 1.00 bits per heavy atom. The van der Waals surface area contributed by atoms with E-state index in [1.165, 1.54) is 17.3 Å². The summed E-state index contributed by atoms with van der Waals surface area (Å²) in [7, 11) is -3.51. The number of nitrogens with zero attached hydrogens (tertiary/aromatic N) is 3. The first-order chi connectivity index (χ1) is 11.6. The molecule has 0 amide bonds. The van der Waals surface area contributed by atoms with Gasteiger partial charge in [0.05, 0.1) is 10.6 Å². The highest BCUT2D eigenvalue weighted by Crippen LogP contribution is 2.31. The van der Waals surface area contributed by atoms with Crippen molar-refractivity contribution in [1.82, 2.24) is 14.8 Å². The average molecular weight is 339 g/mol. The van der Waals surface area contributed by atoms with Gasteiger partial charge in [-0.15, -0.1) is 0 Å². The number of hydrogen-bond donors (Lipinski definition) is 0. The van der Waals surface area contributed by atoms with Gasteiger partial charge in [0.1, 0.15) is 18.2 Å². The fourth-order valence-electron chi connectivity index (χ4n) is 2.62. The van der Waals surface area contributed by atoms with Gasteiger partial charge in [0.2, 0.25) is 5.88 Å². The van der Waals surface area contributed by atoms with Crippen LogP contribution in [0.5, 0.6) is 0 Å². The molecule has 0 saturated heterocycles. The topological polar surface area (TPSA) is 78.0 Å². The summed E-state index contributed by atoms with van der Waals surface area (Å²) in [5.41, 5.74) is 1.18. The first-order valence-electron chi connectivity index (χ1n) is 7.28. The van der Waals surface area contributed by atoms with Crippen molar-refractivity contribution in [3.63, 3.8) is 0 Å². The van der Waals surface area contributed by atoms with Crippen LogP contribution < -0.4 is 0 Å². The minimum Gasteiger partial charge on any atom is -0.438 e. The van der Waals surface area contributed by atoms with E-state index >= 15 is 0 Å². The second-order valence-corrected chi connectivity index (χ2v) is 7.28. The molecule has 0 aliphatic heterocycles. The molecule has 7 heteroatoms. The van der Waals surface area contributed by atoms with Crippen LogP contribution in [0.2, 0.25) is 0 Å². The van der Waals surface area contributed by atoms with Crippen molar-refractivity contribution in [3.8, 4) is 5.88 Å². The number of fused-ring (bicyclic) bond motifs is 1. The highest BCUT2D eigenvalue weighted by Gasteiger charge is 2.23. The lowest BCUT2D eigenvalue weighted by atomic mass is 10.2. The van der Waals surface area contributed by atoms with Gasteiger partial charge < -0.3 is 4.42 Å². The Kier molecular flexibility index (Phi) is 3.42. The third-order valence-corrected chi connectivity index (χ3v) is 5.40. The summed E-state index contributed by atoms with van der Waals surface area (Å²) in [4.78, 5) is 4.18. The van der Waals surface area contributed by atoms with Crippen molar-refractivity contribution < 1.29 is 12.8 Å². The summed E-state index contributed by atoms with van der Waals surface area (Å²) in [6.45, 7) is 0. The van der Waals surface area contributed by atoms with Crippen LogP contribution >= 0.6 is 0 Å². The van der Waals surface area contributed by atoms with Crippen LogP contribution in [0.3, 0.4) is 0 Å². The molecular weight excluding hydrogens is 326 g/mol. The molecule has 0 fully saturated rings. The molecule has 0 unspecified atom stereocenters. The zero-order chi connectivity index (χ0) is 16.6. The fraction of sp³-hybridized carbons (Fsp3) is 0.0588. The van der Waals surface area contributed by atoms with Gasteiger partial charge in [-0.2, -0.15) is 9.78 Å². The third kappa shape index (κ3) is 2.48. The minimum atomic E-state index is -3.51. The van der Waals surface area contributed by atoms with Gasteiger partial charge in [-0.05, 0) is 18.2 Å². The van der Waals surface area contributed by atoms with E-state index in [1.807, 2.05) is 18.2 Å². The smallest absolute Gasteiger partial charge is 0.226 e. The highest BCUT2D eigenvalue weighted by molar-refractivity contribution is 7.90. The van der Waals surface area contributed by atoms with E-state index in [9.17, 15) is 8.42 Å². The lowest BCUT2D eigenvalue weighted by molar-refractivity contribution is 0.553. The first kappa shape index (κ1) is 14.6. The maximum absolute atomic E-state index is 12.8. The van der Waals surface area contributed by atoms with Gasteiger partial charge in [0, 0.05) is 10.9 Å². The molecule has 4 aromatic rings. The number of aromatic nitrogens is 3. The molecule has 6 nitrogen and oxygen atoms in total. The van der Waals surface area contributed by atoms with Crippen molar-refractivity contribution in [2.45, 2.75) is 10.6 Å². The lowest BCUT2D eigenvalue weighted by Crippen LogP contribution is -2.07. The quantitative estimate of drug-likeness (QED) is 0.571. The lowest BCUT2D eigenvalue weighted by Gasteiger charge is -2.05. The molecule has 0 aliphatic carbocycles. The Balaban J connectivity index is 1.88. The monoisotopic (exact) mass is 339 g/mol. The average Bonchev–Trinajstić information content (AvgIpc) is 3.24. The second kappa shape index (κ2) is 5.61. The summed E-state index contributed by atoms with van der Waals surface area (Å²) < 4.78 is 32.8. The Hall–Kier alpha value is -2.93. The second-order valence-electron chi connectivity index (χ2n) is 5.29. The molecule has 2 heterocycles. The van der Waals surface area contributed by atoms with Crippen molar-refractivity contribution in [2.24, 2.45) is 0 Å². The Labute approximate surface area is 138 Å². The molecule has 0 aliphatic rings. The molecule has 24 heavy (non-hydrogen) atoms. The van der Waals surface area contributed by atoms with Gasteiger partial charge in [-0.1, -0.05) is 36.4 Å². The first-order valence-corrected chi connectivity index (χ1v) is 8.93. The summed E-state index contributed by atoms with van der Waals surface area (Å²) in [6, 6.07) is 15.7. The molecular formula is C17H13N3O3S. The maximum Gasteiger partial charge on any atom is 0.226 e. The van der Waals surface area contributed by atoms with Gasteiger partial charge in [-0.3, -0.25) is 0 Å². The third-order valence-electron chi connectivity index (χ3n) is 3.74. The summed E-state index contributed by atoms with van der Waals surface area (Å²) in [5.74, 6) is 0.191. The molecule has 2 aromatic carbocycles. The van der Waals surface area contributed by atoms with Crippen molar-refractivity contribution in [3.05, 3.63) is 72.8 Å². The normalized spacial score (nSPS) is 11.8. The van der Waals surface area contributed by atoms with E-state index in [0.29, 0.717) is 17.0 Å². The minimum absolute atomic E-state index is 0.177. The number of furan rings is 1. The standard InChI is InChI=1S/C17H13N3O3S/c21-24(22,13-6-2-1-3-7-13)10-15-14-8-4-5-9-16(14)23-17(15)20-12-18-11-19-20/h1-9,11-12H,10H2. The van der Waals surface area contributed by atoms with E-state index < -0.39 is 9.84 Å². The van der Waals surface area contributed by atoms with Gasteiger partial charge in [0.25, 0.3) is 0 Å². The van der Waals surface area contributed by atoms with Crippen LogP contribution in [0.4, 0.5) is 0 Å². The van der Waals surface area contributed by atoms with E-state index in [1.54, 1.807) is 36.4 Å². The van der Waals surface area contributed by atoms with Crippen LogP contribution in [0, 0.1) is 0 Å². The molecule has 120 valence electrons. The molecule has 0 spiro atoms. The molecule has 0 atom stereocenters. The van der Waals surface area contributed by atoms with Crippen LogP contribution in [-0.4, -0.2) is 23.2 Å². The highest BCUT2D eigenvalue weighted by atomic mass is 32.2. The van der Waals surface area contributed by atoms with Crippen molar-refractivity contribution in [1.29, 1.82) is 0 Å². The number of para-hydroxylation sites is 1. The molecule has 0 N–H and O–H groups in total. The molecule has 4 rings (SSSR count). The fourth-order valence-corrected chi connectivity index (χ4v) is 4.02. The predicted molar refractivity (Wildman–Crippen MR) is 88.5 cm³/mol. The SMILES string of the molecule is O=S(=O)(Cc1c(-n2cncn2)oc2ccccc12)c1ccccc1. The van der Waals surface area contributed by atoms with Crippen LogP contribution in [-0.2, 0) is 15.6 Å². The zero-order valence-corrected chi connectivity index (χ0v) is 13.3. The summed E-state index contributed by atoms with van der Waals surface area (Å²) >= 11 is 0. The zero-order valence-electron chi connectivity index (χ0n) is 12.5. The van der Waals surface area contributed by atoms with Crippen LogP contribution in [0.25, 0.3) is 16.9 Å². The number of hydrogen-bond acceptors (Lipinski definition) is 5. The van der Waals surface area contributed by atoms with E-state index in [0.717, 1.165) is 5.39 Å². The van der Waals surface area contributed by atoms with Gasteiger partial charge in [-0.25, -0.2) is 13.4 Å².